The lowest BCUT2D eigenvalue weighted by atomic mass is 10.2. The quantitative estimate of drug-likeness (QED) is 0.854. The van der Waals surface area contributed by atoms with Crippen molar-refractivity contribution in [3.8, 4) is 0 Å². The van der Waals surface area contributed by atoms with Crippen molar-refractivity contribution in [3.05, 3.63) is 59.1 Å². The third-order valence-electron chi connectivity index (χ3n) is 2.90. The van der Waals surface area contributed by atoms with E-state index in [-0.39, 0.29) is 17.2 Å². The van der Waals surface area contributed by atoms with E-state index >= 15 is 0 Å². The molecular formula is C16H13ClNO3S-. The van der Waals surface area contributed by atoms with Gasteiger partial charge in [-0.25, -0.2) is 0 Å². The second kappa shape index (κ2) is 7.33. The minimum atomic E-state index is -1.33. The van der Waals surface area contributed by atoms with Crippen LogP contribution < -0.4 is 10.4 Å². The fourth-order valence-corrected chi connectivity index (χ4v) is 2.77. The zero-order chi connectivity index (χ0) is 16.1. The van der Waals surface area contributed by atoms with E-state index in [0.717, 1.165) is 4.90 Å². The summed E-state index contributed by atoms with van der Waals surface area (Å²) in [6, 6.07) is 13.3. The molecule has 0 bridgehead atoms. The van der Waals surface area contributed by atoms with Crippen molar-refractivity contribution in [2.75, 3.05) is 5.32 Å². The van der Waals surface area contributed by atoms with Gasteiger partial charge >= 0.3 is 0 Å². The molecule has 0 radical (unpaired) electrons. The molecule has 114 valence electrons. The van der Waals surface area contributed by atoms with Crippen LogP contribution in [-0.4, -0.2) is 17.1 Å². The van der Waals surface area contributed by atoms with Crippen molar-refractivity contribution in [1.82, 2.24) is 0 Å². The van der Waals surface area contributed by atoms with Crippen LogP contribution in [-0.2, 0) is 4.79 Å². The van der Waals surface area contributed by atoms with Crippen LogP contribution in [0, 0.1) is 0 Å². The van der Waals surface area contributed by atoms with E-state index in [0.29, 0.717) is 5.02 Å². The monoisotopic (exact) mass is 334 g/mol. The lowest BCUT2D eigenvalue weighted by Crippen LogP contribution is -2.27. The van der Waals surface area contributed by atoms with E-state index in [1.807, 2.05) is 12.1 Å². The minimum Gasteiger partial charge on any atom is -0.545 e. The maximum Gasteiger partial charge on any atom is 0.237 e. The summed E-state index contributed by atoms with van der Waals surface area (Å²) in [5.41, 5.74) is 0.190. The molecule has 0 fully saturated rings. The number of rotatable bonds is 5. The van der Waals surface area contributed by atoms with Crippen molar-refractivity contribution < 1.29 is 14.7 Å². The Kier molecular flexibility index (Phi) is 5.46. The normalized spacial score (nSPS) is 11.7. The summed E-state index contributed by atoms with van der Waals surface area (Å²) in [5.74, 6) is -1.61. The van der Waals surface area contributed by atoms with Gasteiger partial charge in [-0.2, -0.15) is 0 Å². The summed E-state index contributed by atoms with van der Waals surface area (Å²) in [5, 5.41) is 13.9. The number of carboxylic acids is 1. The molecule has 2 aromatic carbocycles. The first-order chi connectivity index (χ1) is 10.5. The molecule has 2 aromatic rings. The second-order valence-electron chi connectivity index (χ2n) is 4.54. The standard InChI is InChI=1S/C16H14ClNO3S/c1-10(22-12-8-6-11(17)7-9-12)15(19)18-14-5-3-2-4-13(14)16(20)21/h2-10H,1H3,(H,18,19)(H,20,21)/p-1/t10-/m0/s1. The number of hydrogen-bond donors (Lipinski definition) is 1. The van der Waals surface area contributed by atoms with Gasteiger partial charge in [-0.05, 0) is 37.3 Å². The Morgan fingerprint density at radius 3 is 2.41 bits per heavy atom. The molecule has 4 nitrogen and oxygen atoms in total. The van der Waals surface area contributed by atoms with Gasteiger partial charge in [0.05, 0.1) is 11.2 Å². The summed E-state index contributed by atoms with van der Waals surface area (Å²) < 4.78 is 0. The van der Waals surface area contributed by atoms with Crippen LogP contribution >= 0.6 is 23.4 Å². The van der Waals surface area contributed by atoms with Gasteiger partial charge in [-0.15, -0.1) is 11.8 Å². The van der Waals surface area contributed by atoms with Crippen molar-refractivity contribution in [2.45, 2.75) is 17.1 Å². The molecule has 1 atom stereocenters. The molecule has 2 rings (SSSR count). The molecule has 0 aromatic heterocycles. The number of carbonyl (C=O) groups excluding carboxylic acids is 2. The van der Waals surface area contributed by atoms with Gasteiger partial charge in [-0.3, -0.25) is 4.79 Å². The van der Waals surface area contributed by atoms with E-state index in [1.165, 1.54) is 23.9 Å². The highest BCUT2D eigenvalue weighted by Gasteiger charge is 2.16. The maximum atomic E-state index is 12.2. The predicted octanol–water partition coefficient (Wildman–Crippen LogP) is 2.82. The number of para-hydroxylation sites is 1. The van der Waals surface area contributed by atoms with Gasteiger partial charge in [0.1, 0.15) is 0 Å². The van der Waals surface area contributed by atoms with E-state index in [2.05, 4.69) is 5.32 Å². The van der Waals surface area contributed by atoms with E-state index in [1.54, 1.807) is 31.2 Å². The van der Waals surface area contributed by atoms with E-state index in [4.69, 9.17) is 11.6 Å². The van der Waals surface area contributed by atoms with Gasteiger partial charge in [0.2, 0.25) is 5.91 Å². The predicted molar refractivity (Wildman–Crippen MR) is 86.2 cm³/mol. The van der Waals surface area contributed by atoms with Crippen molar-refractivity contribution >= 4 is 40.9 Å². The third-order valence-corrected chi connectivity index (χ3v) is 4.26. The third kappa shape index (κ3) is 4.26. The first-order valence-electron chi connectivity index (χ1n) is 6.51. The molecule has 0 saturated heterocycles. The molecule has 0 spiro atoms. The largest absolute Gasteiger partial charge is 0.545 e. The second-order valence-corrected chi connectivity index (χ2v) is 6.39. The van der Waals surface area contributed by atoms with Crippen molar-refractivity contribution in [2.24, 2.45) is 0 Å². The first-order valence-corrected chi connectivity index (χ1v) is 7.76. The molecule has 0 aliphatic carbocycles. The van der Waals surface area contributed by atoms with Gasteiger partial charge in [-0.1, -0.05) is 29.8 Å². The highest BCUT2D eigenvalue weighted by molar-refractivity contribution is 8.00. The van der Waals surface area contributed by atoms with Crippen LogP contribution in [0.3, 0.4) is 0 Å². The fraction of sp³-hybridized carbons (Fsp3) is 0.125. The molecule has 0 unspecified atom stereocenters. The van der Waals surface area contributed by atoms with Gasteiger partial charge < -0.3 is 15.2 Å². The fourth-order valence-electron chi connectivity index (χ4n) is 1.78. The maximum absolute atomic E-state index is 12.2. The molecule has 22 heavy (non-hydrogen) atoms. The van der Waals surface area contributed by atoms with Crippen LogP contribution in [0.15, 0.2) is 53.4 Å². The molecular weight excluding hydrogens is 322 g/mol. The highest BCUT2D eigenvalue weighted by atomic mass is 35.5. The lowest BCUT2D eigenvalue weighted by Gasteiger charge is -2.15. The number of benzene rings is 2. The number of thioether (sulfide) groups is 1. The van der Waals surface area contributed by atoms with Crippen LogP contribution in [0.1, 0.15) is 17.3 Å². The van der Waals surface area contributed by atoms with Crippen molar-refractivity contribution in [1.29, 1.82) is 0 Å². The van der Waals surface area contributed by atoms with Crippen LogP contribution in [0.25, 0.3) is 0 Å². The Morgan fingerprint density at radius 2 is 1.77 bits per heavy atom. The molecule has 0 aliphatic heterocycles. The summed E-state index contributed by atoms with van der Waals surface area (Å²) in [6.45, 7) is 1.75. The van der Waals surface area contributed by atoms with E-state index in [9.17, 15) is 14.7 Å². The Hall–Kier alpha value is -1.98. The molecule has 0 aliphatic rings. The van der Waals surface area contributed by atoms with Gasteiger partial charge in [0.25, 0.3) is 0 Å². The molecule has 1 amide bonds. The topological polar surface area (TPSA) is 69.2 Å². The molecule has 0 saturated carbocycles. The summed E-state index contributed by atoms with van der Waals surface area (Å²) >= 11 is 7.18. The van der Waals surface area contributed by atoms with Crippen LogP contribution in [0.4, 0.5) is 5.69 Å². The molecule has 6 heteroatoms. The number of amides is 1. The smallest absolute Gasteiger partial charge is 0.237 e. The lowest BCUT2D eigenvalue weighted by molar-refractivity contribution is -0.254. The Bertz CT molecular complexity index is 688. The number of nitrogens with one attached hydrogen (secondary N) is 1. The highest BCUT2D eigenvalue weighted by Crippen LogP contribution is 2.26. The number of hydrogen-bond acceptors (Lipinski definition) is 4. The Morgan fingerprint density at radius 1 is 1.14 bits per heavy atom. The molecule has 0 heterocycles. The number of carboxylic acid groups (broad SMARTS) is 1. The number of aromatic carboxylic acids is 1. The van der Waals surface area contributed by atoms with Crippen LogP contribution in [0.5, 0.6) is 0 Å². The van der Waals surface area contributed by atoms with Crippen molar-refractivity contribution in [3.63, 3.8) is 0 Å². The van der Waals surface area contributed by atoms with Crippen LogP contribution in [0.2, 0.25) is 5.02 Å². The minimum absolute atomic E-state index is 0.0421. The number of halogens is 1. The zero-order valence-electron chi connectivity index (χ0n) is 11.7. The van der Waals surface area contributed by atoms with Gasteiger partial charge in [0, 0.05) is 21.2 Å². The van der Waals surface area contributed by atoms with Gasteiger partial charge in [0.15, 0.2) is 0 Å². The SMILES string of the molecule is C[C@H](Sc1ccc(Cl)cc1)C(=O)Nc1ccccc1C(=O)[O-]. The summed E-state index contributed by atoms with van der Waals surface area (Å²) in [4.78, 5) is 24.1. The average molecular weight is 335 g/mol. The Labute approximate surface area is 137 Å². The number of carbonyl (C=O) groups is 2. The number of anilines is 1. The molecule has 1 N–H and O–H groups in total. The summed E-state index contributed by atoms with van der Waals surface area (Å²) in [6.07, 6.45) is 0. The Balaban J connectivity index is 2.05. The average Bonchev–Trinajstić information content (AvgIpc) is 2.49. The summed E-state index contributed by atoms with van der Waals surface area (Å²) in [7, 11) is 0. The zero-order valence-corrected chi connectivity index (χ0v) is 13.3. The first kappa shape index (κ1) is 16.4. The van der Waals surface area contributed by atoms with E-state index < -0.39 is 11.2 Å².